The highest BCUT2D eigenvalue weighted by Gasteiger charge is 2.42. The van der Waals surface area contributed by atoms with Gasteiger partial charge in [0.1, 0.15) is 5.82 Å². The lowest BCUT2D eigenvalue weighted by Gasteiger charge is -2.21. The molecule has 0 aliphatic rings. The molecule has 1 atom stereocenters. The molecule has 0 saturated carbocycles. The average Bonchev–Trinajstić information content (AvgIpc) is 3.11. The predicted octanol–water partition coefficient (Wildman–Crippen LogP) is 5.08. The molecular formula is C21H14ClF3N4O. The summed E-state index contributed by atoms with van der Waals surface area (Å²) in [5.74, 6) is -0.554. The maximum atomic E-state index is 13.6. The van der Waals surface area contributed by atoms with Crippen molar-refractivity contribution in [3.05, 3.63) is 89.5 Å². The third kappa shape index (κ3) is 3.86. The molecule has 0 aliphatic carbocycles. The number of carbonyl (C=O) groups is 1. The van der Waals surface area contributed by atoms with Gasteiger partial charge in [-0.2, -0.15) is 13.2 Å². The summed E-state index contributed by atoms with van der Waals surface area (Å²) in [4.78, 5) is 20.9. The van der Waals surface area contributed by atoms with Gasteiger partial charge in [0.25, 0.3) is 5.91 Å². The quantitative estimate of drug-likeness (QED) is 0.491. The van der Waals surface area contributed by atoms with Crippen LogP contribution in [0.4, 0.5) is 13.2 Å². The Labute approximate surface area is 174 Å². The predicted molar refractivity (Wildman–Crippen MR) is 106 cm³/mol. The van der Waals surface area contributed by atoms with Crippen molar-refractivity contribution in [1.29, 1.82) is 0 Å². The van der Waals surface area contributed by atoms with Crippen LogP contribution in [-0.2, 0) is 0 Å². The first-order valence-electron chi connectivity index (χ1n) is 8.85. The monoisotopic (exact) mass is 430 g/mol. The summed E-state index contributed by atoms with van der Waals surface area (Å²) in [6.07, 6.45) is -0.595. The minimum Gasteiger partial charge on any atom is -0.335 e. The SMILES string of the molecule is O=C(NC(c1cccnc1)C(F)(F)F)c1nc(-c2cccc(Cl)c2)n2ccccc12. The van der Waals surface area contributed by atoms with Crippen molar-refractivity contribution in [3.8, 4) is 11.4 Å². The lowest BCUT2D eigenvalue weighted by molar-refractivity contribution is -0.155. The van der Waals surface area contributed by atoms with E-state index >= 15 is 0 Å². The van der Waals surface area contributed by atoms with E-state index < -0.39 is 18.1 Å². The maximum absolute atomic E-state index is 13.6. The molecule has 1 amide bonds. The Bertz CT molecular complexity index is 1210. The lowest BCUT2D eigenvalue weighted by atomic mass is 10.1. The highest BCUT2D eigenvalue weighted by atomic mass is 35.5. The molecule has 1 unspecified atom stereocenters. The van der Waals surface area contributed by atoms with Gasteiger partial charge in [-0.1, -0.05) is 35.9 Å². The number of aromatic nitrogens is 3. The van der Waals surface area contributed by atoms with Crippen LogP contribution in [0.2, 0.25) is 5.02 Å². The van der Waals surface area contributed by atoms with Crippen LogP contribution < -0.4 is 5.32 Å². The summed E-state index contributed by atoms with van der Waals surface area (Å²) < 4.78 is 42.5. The highest BCUT2D eigenvalue weighted by molar-refractivity contribution is 6.30. The number of amides is 1. The number of pyridine rings is 2. The molecule has 152 valence electrons. The van der Waals surface area contributed by atoms with Crippen LogP contribution in [0.5, 0.6) is 0 Å². The maximum Gasteiger partial charge on any atom is 0.412 e. The minimum atomic E-state index is -4.70. The molecule has 3 heterocycles. The zero-order chi connectivity index (χ0) is 21.3. The van der Waals surface area contributed by atoms with Gasteiger partial charge >= 0.3 is 6.18 Å². The van der Waals surface area contributed by atoms with E-state index in [4.69, 9.17) is 11.6 Å². The van der Waals surface area contributed by atoms with E-state index in [1.54, 1.807) is 53.1 Å². The fourth-order valence-corrected chi connectivity index (χ4v) is 3.33. The number of halogens is 4. The first-order chi connectivity index (χ1) is 14.3. The molecule has 0 fully saturated rings. The first kappa shape index (κ1) is 19.9. The molecular weight excluding hydrogens is 417 g/mol. The van der Waals surface area contributed by atoms with Gasteiger partial charge in [-0.05, 0) is 30.3 Å². The van der Waals surface area contributed by atoms with Crippen LogP contribution in [0.25, 0.3) is 16.9 Å². The minimum absolute atomic E-state index is 0.122. The molecule has 30 heavy (non-hydrogen) atoms. The number of hydrogen-bond donors (Lipinski definition) is 1. The van der Waals surface area contributed by atoms with Crippen LogP contribution in [0.15, 0.2) is 73.2 Å². The second kappa shape index (κ2) is 7.79. The van der Waals surface area contributed by atoms with Gasteiger partial charge < -0.3 is 5.32 Å². The fraction of sp³-hybridized carbons (Fsp3) is 0.0952. The van der Waals surface area contributed by atoms with Gasteiger partial charge in [-0.3, -0.25) is 14.2 Å². The molecule has 9 heteroatoms. The number of fused-ring (bicyclic) bond motifs is 1. The summed E-state index contributed by atoms with van der Waals surface area (Å²) in [6, 6.07) is 12.3. The van der Waals surface area contributed by atoms with Gasteiger partial charge in [-0.15, -0.1) is 0 Å². The average molecular weight is 431 g/mol. The van der Waals surface area contributed by atoms with E-state index in [0.717, 1.165) is 6.20 Å². The molecule has 0 radical (unpaired) electrons. The van der Waals surface area contributed by atoms with E-state index in [1.807, 2.05) is 0 Å². The third-order valence-corrected chi connectivity index (χ3v) is 4.70. The second-order valence-corrected chi connectivity index (χ2v) is 6.92. The number of benzene rings is 1. The van der Waals surface area contributed by atoms with Crippen LogP contribution in [-0.4, -0.2) is 26.5 Å². The van der Waals surface area contributed by atoms with E-state index in [1.165, 1.54) is 18.3 Å². The number of hydrogen-bond acceptors (Lipinski definition) is 3. The zero-order valence-electron chi connectivity index (χ0n) is 15.3. The number of rotatable bonds is 4. The Morgan fingerprint density at radius 2 is 1.93 bits per heavy atom. The van der Waals surface area contributed by atoms with Gasteiger partial charge in [0, 0.05) is 34.7 Å². The Morgan fingerprint density at radius 3 is 2.63 bits per heavy atom. The standard InChI is InChI=1S/C21H14ClF3N4O/c22-15-7-3-5-13(11-15)19-27-17(16-8-1-2-10-29(16)19)20(30)28-18(21(23,24)25)14-6-4-9-26-12-14/h1-12,18H,(H,28,30). The Balaban J connectivity index is 1.77. The molecule has 0 bridgehead atoms. The number of alkyl halides is 3. The highest BCUT2D eigenvalue weighted by Crippen LogP contribution is 2.33. The Hall–Kier alpha value is -3.39. The smallest absolute Gasteiger partial charge is 0.335 e. The van der Waals surface area contributed by atoms with E-state index in [0.29, 0.717) is 21.9 Å². The van der Waals surface area contributed by atoms with Gasteiger partial charge in [0.05, 0.1) is 5.52 Å². The third-order valence-electron chi connectivity index (χ3n) is 4.47. The van der Waals surface area contributed by atoms with Gasteiger partial charge in [0.15, 0.2) is 11.7 Å². The van der Waals surface area contributed by atoms with Crippen LogP contribution in [0.3, 0.4) is 0 Å². The molecule has 3 aromatic heterocycles. The van der Waals surface area contributed by atoms with E-state index in [-0.39, 0.29) is 11.3 Å². The van der Waals surface area contributed by atoms with Gasteiger partial charge in [-0.25, -0.2) is 4.98 Å². The number of imidazole rings is 1. The largest absolute Gasteiger partial charge is 0.412 e. The summed E-state index contributed by atoms with van der Waals surface area (Å²) in [5, 5.41) is 2.52. The zero-order valence-corrected chi connectivity index (χ0v) is 16.0. The summed E-state index contributed by atoms with van der Waals surface area (Å²) in [6.45, 7) is 0. The van der Waals surface area contributed by atoms with Gasteiger partial charge in [0.2, 0.25) is 0 Å². The fourth-order valence-electron chi connectivity index (χ4n) is 3.14. The summed E-state index contributed by atoms with van der Waals surface area (Å²) >= 11 is 6.05. The molecule has 1 aromatic carbocycles. The number of nitrogens with one attached hydrogen (secondary N) is 1. The number of nitrogens with zero attached hydrogens (tertiary/aromatic N) is 3. The molecule has 0 aliphatic heterocycles. The van der Waals surface area contributed by atoms with Crippen molar-refractivity contribution in [2.45, 2.75) is 12.2 Å². The van der Waals surface area contributed by atoms with E-state index in [2.05, 4.69) is 15.3 Å². The van der Waals surface area contributed by atoms with Crippen LogP contribution in [0, 0.1) is 0 Å². The van der Waals surface area contributed by atoms with Crippen molar-refractivity contribution < 1.29 is 18.0 Å². The second-order valence-electron chi connectivity index (χ2n) is 6.48. The van der Waals surface area contributed by atoms with E-state index in [9.17, 15) is 18.0 Å². The van der Waals surface area contributed by atoms with Crippen LogP contribution >= 0.6 is 11.6 Å². The molecule has 5 nitrogen and oxygen atoms in total. The topological polar surface area (TPSA) is 59.3 Å². The molecule has 4 aromatic rings. The van der Waals surface area contributed by atoms with Crippen molar-refractivity contribution >= 4 is 23.0 Å². The lowest BCUT2D eigenvalue weighted by Crippen LogP contribution is -2.38. The van der Waals surface area contributed by atoms with Crippen LogP contribution in [0.1, 0.15) is 22.1 Å². The van der Waals surface area contributed by atoms with Crippen molar-refractivity contribution in [2.75, 3.05) is 0 Å². The Kier molecular flexibility index (Phi) is 5.17. The number of carbonyl (C=O) groups excluding carboxylic acids is 1. The summed E-state index contributed by atoms with van der Waals surface area (Å²) in [5.41, 5.74) is 0.708. The normalized spacial score (nSPS) is 12.7. The molecule has 0 spiro atoms. The van der Waals surface area contributed by atoms with Crippen molar-refractivity contribution in [2.24, 2.45) is 0 Å². The first-order valence-corrected chi connectivity index (χ1v) is 9.23. The molecule has 1 N–H and O–H groups in total. The molecule has 4 rings (SSSR count). The van der Waals surface area contributed by atoms with Crippen molar-refractivity contribution in [1.82, 2.24) is 19.7 Å². The molecule has 0 saturated heterocycles. The Morgan fingerprint density at radius 1 is 1.10 bits per heavy atom. The van der Waals surface area contributed by atoms with Crippen molar-refractivity contribution in [3.63, 3.8) is 0 Å². The summed E-state index contributed by atoms with van der Waals surface area (Å²) in [7, 11) is 0.